The molecule has 0 saturated heterocycles. The van der Waals surface area contributed by atoms with Crippen molar-refractivity contribution in [1.29, 1.82) is 10.5 Å². The highest BCUT2D eigenvalue weighted by Crippen LogP contribution is 2.30. The number of nitrogen functional groups attached to an aromatic ring is 2. The van der Waals surface area contributed by atoms with Gasteiger partial charge in [-0.2, -0.15) is 20.5 Å². The fourth-order valence-electron chi connectivity index (χ4n) is 3.45. The van der Waals surface area contributed by atoms with Gasteiger partial charge < -0.3 is 11.5 Å². The van der Waals surface area contributed by atoms with E-state index < -0.39 is 11.4 Å². The van der Waals surface area contributed by atoms with Gasteiger partial charge in [-0.25, -0.2) is 13.9 Å². The Morgan fingerprint density at radius 1 is 1.09 bits per heavy atom. The number of nitriles is 2. The normalized spacial score (nSPS) is 10.5. The van der Waals surface area contributed by atoms with E-state index in [2.05, 4.69) is 15.0 Å². The maximum Gasteiger partial charge on any atom is 0.267 e. The van der Waals surface area contributed by atoms with Crippen molar-refractivity contribution in [2.24, 2.45) is 0 Å². The van der Waals surface area contributed by atoms with Crippen LogP contribution in [-0.2, 0) is 0 Å². The lowest BCUT2D eigenvalue weighted by Crippen LogP contribution is -2.31. The fourth-order valence-corrected chi connectivity index (χ4v) is 3.45. The van der Waals surface area contributed by atoms with Crippen molar-refractivity contribution in [1.82, 2.24) is 19.5 Å². The highest BCUT2D eigenvalue weighted by molar-refractivity contribution is 5.81. The second-order valence-electron chi connectivity index (χ2n) is 6.90. The summed E-state index contributed by atoms with van der Waals surface area (Å²) in [5, 5.41) is 19.0. The lowest BCUT2D eigenvalue weighted by Gasteiger charge is -2.25. The minimum atomic E-state index is -0.595. The third-order valence-electron chi connectivity index (χ3n) is 4.91. The molecule has 0 fully saturated rings. The summed E-state index contributed by atoms with van der Waals surface area (Å²) in [4.78, 5) is 27.6. The second-order valence-corrected chi connectivity index (χ2v) is 6.90. The summed E-state index contributed by atoms with van der Waals surface area (Å²) in [7, 11) is 0. The standard InChI is InChI=1S/C22H16FN9O/c1-2-31(19-16(11-25)18(26)29-21(27)30-19)22-28-17-7-6-13(23)9-15(17)20(33)32(22)14-5-3-4-12(8-14)10-24/h3-9H,2H2,1H3,(H4,26,27,29,30). The van der Waals surface area contributed by atoms with Crippen molar-refractivity contribution in [2.45, 2.75) is 6.92 Å². The van der Waals surface area contributed by atoms with Gasteiger partial charge in [-0.3, -0.25) is 9.69 Å². The average Bonchev–Trinajstić information content (AvgIpc) is 2.80. The molecule has 0 aliphatic rings. The average molecular weight is 441 g/mol. The summed E-state index contributed by atoms with van der Waals surface area (Å²) in [5.41, 5.74) is 11.9. The molecule has 0 radical (unpaired) electrons. The first-order chi connectivity index (χ1) is 15.9. The Morgan fingerprint density at radius 2 is 1.88 bits per heavy atom. The molecule has 10 nitrogen and oxygen atoms in total. The number of halogens is 1. The molecule has 0 bridgehead atoms. The van der Waals surface area contributed by atoms with Crippen LogP contribution in [0.2, 0.25) is 0 Å². The van der Waals surface area contributed by atoms with Gasteiger partial charge in [-0.1, -0.05) is 6.07 Å². The number of nitrogens with two attached hydrogens (primary N) is 2. The van der Waals surface area contributed by atoms with Crippen LogP contribution >= 0.6 is 0 Å². The lowest BCUT2D eigenvalue weighted by atomic mass is 10.2. The van der Waals surface area contributed by atoms with E-state index in [0.717, 1.165) is 6.07 Å². The molecule has 0 saturated carbocycles. The van der Waals surface area contributed by atoms with Gasteiger partial charge in [0.25, 0.3) is 5.56 Å². The summed E-state index contributed by atoms with van der Waals surface area (Å²) in [6.07, 6.45) is 0. The number of anilines is 4. The fraction of sp³-hybridized carbons (Fsp3) is 0.0909. The minimum Gasteiger partial charge on any atom is -0.382 e. The SMILES string of the molecule is CCN(c1nc(N)nc(N)c1C#N)c1nc2ccc(F)cc2c(=O)n1-c1cccc(C#N)c1. The molecule has 0 spiro atoms. The molecule has 2 heterocycles. The zero-order chi connectivity index (χ0) is 23.7. The first-order valence-corrected chi connectivity index (χ1v) is 9.71. The molecule has 0 atom stereocenters. The first-order valence-electron chi connectivity index (χ1n) is 9.71. The van der Waals surface area contributed by atoms with Gasteiger partial charge in [0.2, 0.25) is 11.9 Å². The summed E-state index contributed by atoms with van der Waals surface area (Å²) in [5.74, 6) is -0.749. The molecule has 4 rings (SSSR count). The molecule has 4 N–H and O–H groups in total. The Bertz CT molecular complexity index is 1550. The quantitative estimate of drug-likeness (QED) is 0.484. The molecular formula is C22H16FN9O. The summed E-state index contributed by atoms with van der Waals surface area (Å²) in [6, 6.07) is 14.0. The Labute approximate surface area is 186 Å². The second kappa shape index (κ2) is 8.24. The summed E-state index contributed by atoms with van der Waals surface area (Å²) >= 11 is 0. The van der Waals surface area contributed by atoms with E-state index in [4.69, 9.17) is 11.5 Å². The molecule has 4 aromatic rings. The van der Waals surface area contributed by atoms with Crippen molar-refractivity contribution < 1.29 is 4.39 Å². The zero-order valence-electron chi connectivity index (χ0n) is 17.3. The van der Waals surface area contributed by atoms with E-state index in [-0.39, 0.29) is 46.5 Å². The van der Waals surface area contributed by atoms with Crippen LogP contribution in [0, 0.1) is 28.5 Å². The highest BCUT2D eigenvalue weighted by Gasteiger charge is 2.24. The Hall–Kier alpha value is -5.03. The van der Waals surface area contributed by atoms with Crippen LogP contribution in [0.25, 0.3) is 16.6 Å². The molecule has 0 aliphatic heterocycles. The number of nitrogens with zero attached hydrogens (tertiary/aromatic N) is 7. The predicted molar refractivity (Wildman–Crippen MR) is 120 cm³/mol. The van der Waals surface area contributed by atoms with Gasteiger partial charge in [-0.15, -0.1) is 0 Å². The molecule has 2 aromatic heterocycles. The molecule has 0 aliphatic carbocycles. The third kappa shape index (κ3) is 3.64. The van der Waals surface area contributed by atoms with Gasteiger partial charge in [0, 0.05) is 6.54 Å². The van der Waals surface area contributed by atoms with Crippen LogP contribution in [-0.4, -0.2) is 26.1 Å². The van der Waals surface area contributed by atoms with Gasteiger partial charge in [0.15, 0.2) is 5.82 Å². The highest BCUT2D eigenvalue weighted by atomic mass is 19.1. The van der Waals surface area contributed by atoms with Crippen molar-refractivity contribution >= 4 is 34.4 Å². The van der Waals surface area contributed by atoms with Crippen molar-refractivity contribution in [3.8, 4) is 17.8 Å². The van der Waals surface area contributed by atoms with Crippen molar-refractivity contribution in [3.63, 3.8) is 0 Å². The topological polar surface area (TPSA) is 164 Å². The number of hydrogen-bond acceptors (Lipinski definition) is 9. The van der Waals surface area contributed by atoms with Crippen LogP contribution in [0.4, 0.5) is 27.9 Å². The molecule has 11 heteroatoms. The molecule has 2 aromatic carbocycles. The van der Waals surface area contributed by atoms with Crippen LogP contribution in [0.3, 0.4) is 0 Å². The number of rotatable bonds is 4. The lowest BCUT2D eigenvalue weighted by molar-refractivity contribution is 0.629. The number of aromatic nitrogens is 4. The van der Waals surface area contributed by atoms with E-state index in [0.29, 0.717) is 11.3 Å². The van der Waals surface area contributed by atoms with E-state index in [1.807, 2.05) is 12.1 Å². The van der Waals surface area contributed by atoms with Gasteiger partial charge in [0.05, 0.1) is 28.2 Å². The predicted octanol–water partition coefficient (Wildman–Crippen LogP) is 2.38. The van der Waals surface area contributed by atoms with E-state index >= 15 is 0 Å². The van der Waals surface area contributed by atoms with Crippen molar-refractivity contribution in [2.75, 3.05) is 22.9 Å². The molecule has 162 valence electrons. The smallest absolute Gasteiger partial charge is 0.267 e. The van der Waals surface area contributed by atoms with E-state index in [1.165, 1.54) is 27.7 Å². The van der Waals surface area contributed by atoms with E-state index in [9.17, 15) is 19.7 Å². The van der Waals surface area contributed by atoms with Crippen LogP contribution in [0.1, 0.15) is 18.1 Å². The van der Waals surface area contributed by atoms with Crippen LogP contribution < -0.4 is 21.9 Å². The largest absolute Gasteiger partial charge is 0.382 e. The number of benzene rings is 2. The zero-order valence-corrected chi connectivity index (χ0v) is 17.3. The summed E-state index contributed by atoms with van der Waals surface area (Å²) in [6.45, 7) is 1.97. The Balaban J connectivity index is 2.13. The van der Waals surface area contributed by atoms with Gasteiger partial charge in [-0.05, 0) is 43.3 Å². The molecule has 33 heavy (non-hydrogen) atoms. The summed E-state index contributed by atoms with van der Waals surface area (Å²) < 4.78 is 15.2. The molecular weight excluding hydrogens is 425 g/mol. The molecule has 0 unspecified atom stereocenters. The monoisotopic (exact) mass is 441 g/mol. The maximum atomic E-state index is 13.9. The molecule has 0 amide bonds. The minimum absolute atomic E-state index is 0.0411. The first kappa shape index (κ1) is 21.2. The van der Waals surface area contributed by atoms with Crippen molar-refractivity contribution in [3.05, 3.63) is 69.8 Å². The number of hydrogen-bond donors (Lipinski definition) is 2. The Kier molecular flexibility index (Phi) is 5.30. The number of fused-ring (bicyclic) bond motifs is 1. The van der Waals surface area contributed by atoms with Gasteiger partial charge >= 0.3 is 0 Å². The van der Waals surface area contributed by atoms with E-state index in [1.54, 1.807) is 25.1 Å². The van der Waals surface area contributed by atoms with Crippen LogP contribution in [0.5, 0.6) is 0 Å². The Morgan fingerprint density at radius 3 is 2.58 bits per heavy atom. The van der Waals surface area contributed by atoms with Crippen LogP contribution in [0.15, 0.2) is 47.3 Å². The van der Waals surface area contributed by atoms with Gasteiger partial charge in [0.1, 0.15) is 23.3 Å². The third-order valence-corrected chi connectivity index (χ3v) is 4.91. The maximum absolute atomic E-state index is 13.9.